The summed E-state index contributed by atoms with van der Waals surface area (Å²) in [4.78, 5) is 10.1. The zero-order chi connectivity index (χ0) is 31.6. The largest absolute Gasteiger partial charge is 0.309 e. The fourth-order valence-electron chi connectivity index (χ4n) is 7.21. The topological polar surface area (TPSA) is 30.7 Å². The number of hydrogen-bond donors (Lipinski definition) is 0. The predicted molar refractivity (Wildman–Crippen MR) is 203 cm³/mol. The Morgan fingerprint density at radius 3 is 1.94 bits per heavy atom. The van der Waals surface area contributed by atoms with Gasteiger partial charge in [0.2, 0.25) is 0 Å². The van der Waals surface area contributed by atoms with Crippen molar-refractivity contribution in [3.63, 3.8) is 0 Å². The van der Waals surface area contributed by atoms with Gasteiger partial charge in [-0.05, 0) is 65.7 Å². The zero-order valence-electron chi connectivity index (χ0n) is 25.8. The van der Waals surface area contributed by atoms with E-state index in [0.29, 0.717) is 0 Å². The van der Waals surface area contributed by atoms with E-state index in [2.05, 4.69) is 150 Å². The van der Waals surface area contributed by atoms with Crippen molar-refractivity contribution < 1.29 is 0 Å². The van der Waals surface area contributed by atoms with E-state index in [-0.39, 0.29) is 0 Å². The minimum Gasteiger partial charge on any atom is -0.309 e. The summed E-state index contributed by atoms with van der Waals surface area (Å²) < 4.78 is 4.95. The summed E-state index contributed by atoms with van der Waals surface area (Å²) in [5, 5.41) is 5.12. The molecular weight excluding hydrogens is 603 g/mol. The fraction of sp³-hybridized carbons (Fsp3) is 0. The summed E-state index contributed by atoms with van der Waals surface area (Å²) in [6, 6.07) is 58.2. The number of hydrogen-bond acceptors (Lipinski definition) is 3. The van der Waals surface area contributed by atoms with Crippen molar-refractivity contribution in [1.82, 2.24) is 14.5 Å². The second kappa shape index (κ2) is 10.7. The number of fused-ring (bicyclic) bond motifs is 8. The van der Waals surface area contributed by atoms with Crippen LogP contribution < -0.4 is 0 Å². The van der Waals surface area contributed by atoms with Crippen molar-refractivity contribution in [2.24, 2.45) is 0 Å². The average molecular weight is 630 g/mol. The maximum absolute atomic E-state index is 5.13. The molecule has 0 radical (unpaired) electrons. The number of benzene rings is 6. The van der Waals surface area contributed by atoms with Gasteiger partial charge in [-0.2, -0.15) is 0 Å². The van der Waals surface area contributed by atoms with Crippen LogP contribution in [0.2, 0.25) is 0 Å². The molecule has 0 amide bonds. The van der Waals surface area contributed by atoms with Gasteiger partial charge in [0.1, 0.15) is 0 Å². The van der Waals surface area contributed by atoms with Gasteiger partial charge < -0.3 is 4.57 Å². The molecule has 4 heterocycles. The van der Waals surface area contributed by atoms with E-state index < -0.39 is 0 Å². The summed E-state index contributed by atoms with van der Waals surface area (Å²) in [6.07, 6.45) is 0. The SMILES string of the molecule is c1ccc(-c2cccc(-n3c4ccccc4c4c5c(ccc43)sc3c(-c4ccc6nc(-c7ccccc7)ccc6n4)cccc35)c2)cc1. The van der Waals surface area contributed by atoms with Gasteiger partial charge in [-0.1, -0.05) is 109 Å². The highest BCUT2D eigenvalue weighted by atomic mass is 32.1. The molecule has 4 heteroatoms. The highest BCUT2D eigenvalue weighted by Gasteiger charge is 2.19. The Labute approximate surface area is 281 Å². The fourth-order valence-corrected chi connectivity index (χ4v) is 8.44. The van der Waals surface area contributed by atoms with Gasteiger partial charge in [0.05, 0.1) is 33.5 Å². The molecule has 0 saturated heterocycles. The van der Waals surface area contributed by atoms with Crippen molar-refractivity contribution in [3.8, 4) is 39.3 Å². The Bertz CT molecular complexity index is 2830. The van der Waals surface area contributed by atoms with Crippen LogP contribution in [0.5, 0.6) is 0 Å². The second-order valence-electron chi connectivity index (χ2n) is 12.2. The van der Waals surface area contributed by atoms with Crippen LogP contribution >= 0.6 is 11.3 Å². The van der Waals surface area contributed by atoms with Crippen LogP contribution in [0.3, 0.4) is 0 Å². The third kappa shape index (κ3) is 4.20. The molecule has 48 heavy (non-hydrogen) atoms. The quantitative estimate of drug-likeness (QED) is 0.194. The van der Waals surface area contributed by atoms with Crippen LogP contribution in [-0.2, 0) is 0 Å². The number of thiophene rings is 1. The number of aromatic nitrogens is 3. The van der Waals surface area contributed by atoms with Gasteiger partial charge in [-0.3, -0.25) is 0 Å². The maximum atomic E-state index is 5.13. The molecule has 224 valence electrons. The molecule has 0 atom stereocenters. The number of para-hydroxylation sites is 1. The average Bonchev–Trinajstić information content (AvgIpc) is 3.71. The van der Waals surface area contributed by atoms with Gasteiger partial charge in [-0.25, -0.2) is 9.97 Å². The molecule has 10 aromatic rings. The van der Waals surface area contributed by atoms with Gasteiger partial charge in [0.15, 0.2) is 0 Å². The van der Waals surface area contributed by atoms with Gasteiger partial charge in [0, 0.05) is 47.8 Å². The first-order valence-corrected chi connectivity index (χ1v) is 17.0. The third-order valence-electron chi connectivity index (χ3n) is 9.40. The van der Waals surface area contributed by atoms with Gasteiger partial charge in [-0.15, -0.1) is 11.3 Å². The Hall–Kier alpha value is -6.10. The lowest BCUT2D eigenvalue weighted by molar-refractivity contribution is 1.18. The lowest BCUT2D eigenvalue weighted by Crippen LogP contribution is -1.94. The highest BCUT2D eigenvalue weighted by molar-refractivity contribution is 7.26. The third-order valence-corrected chi connectivity index (χ3v) is 10.6. The van der Waals surface area contributed by atoms with Crippen LogP contribution in [0.15, 0.2) is 164 Å². The molecule has 0 aliphatic heterocycles. The lowest BCUT2D eigenvalue weighted by atomic mass is 10.0. The zero-order valence-corrected chi connectivity index (χ0v) is 26.7. The Kier molecular flexibility index (Phi) is 6.05. The molecule has 0 unspecified atom stereocenters. The second-order valence-corrected chi connectivity index (χ2v) is 13.2. The van der Waals surface area contributed by atoms with Crippen LogP contribution in [0.25, 0.3) is 92.3 Å². The normalized spacial score (nSPS) is 11.8. The number of rotatable bonds is 4. The van der Waals surface area contributed by atoms with E-state index in [4.69, 9.17) is 9.97 Å². The minimum absolute atomic E-state index is 0.897. The molecule has 10 rings (SSSR count). The van der Waals surface area contributed by atoms with Crippen molar-refractivity contribution in [2.75, 3.05) is 0 Å². The van der Waals surface area contributed by atoms with Gasteiger partial charge >= 0.3 is 0 Å². The van der Waals surface area contributed by atoms with E-state index in [1.807, 2.05) is 29.5 Å². The van der Waals surface area contributed by atoms with E-state index in [1.54, 1.807) is 0 Å². The molecule has 0 fully saturated rings. The maximum Gasteiger partial charge on any atom is 0.0894 e. The molecular formula is C44H27N3S. The van der Waals surface area contributed by atoms with Crippen molar-refractivity contribution in [2.45, 2.75) is 0 Å². The van der Waals surface area contributed by atoms with Crippen molar-refractivity contribution in [1.29, 1.82) is 0 Å². The molecule has 4 aromatic heterocycles. The molecule has 0 bridgehead atoms. The summed E-state index contributed by atoms with van der Waals surface area (Å²) >= 11 is 1.85. The number of pyridine rings is 2. The molecule has 0 saturated carbocycles. The van der Waals surface area contributed by atoms with Crippen LogP contribution in [0.1, 0.15) is 0 Å². The van der Waals surface area contributed by atoms with Crippen molar-refractivity contribution >= 4 is 64.3 Å². The Morgan fingerprint density at radius 1 is 0.438 bits per heavy atom. The first-order chi connectivity index (χ1) is 23.8. The monoisotopic (exact) mass is 629 g/mol. The molecule has 0 aliphatic rings. The lowest BCUT2D eigenvalue weighted by Gasteiger charge is -2.10. The molecule has 6 aromatic carbocycles. The van der Waals surface area contributed by atoms with E-state index >= 15 is 0 Å². The summed E-state index contributed by atoms with van der Waals surface area (Å²) in [5.74, 6) is 0. The molecule has 3 nitrogen and oxygen atoms in total. The van der Waals surface area contributed by atoms with Crippen LogP contribution in [0, 0.1) is 0 Å². The highest BCUT2D eigenvalue weighted by Crippen LogP contribution is 2.46. The van der Waals surface area contributed by atoms with E-state index in [9.17, 15) is 0 Å². The van der Waals surface area contributed by atoms with Crippen LogP contribution in [0.4, 0.5) is 0 Å². The predicted octanol–water partition coefficient (Wildman–Crippen LogP) is 12.1. The summed E-state index contributed by atoms with van der Waals surface area (Å²) in [6.45, 7) is 0. The first-order valence-electron chi connectivity index (χ1n) is 16.2. The van der Waals surface area contributed by atoms with Crippen molar-refractivity contribution in [3.05, 3.63) is 164 Å². The molecule has 0 N–H and O–H groups in total. The smallest absolute Gasteiger partial charge is 0.0894 e. The van der Waals surface area contributed by atoms with Gasteiger partial charge in [0.25, 0.3) is 0 Å². The van der Waals surface area contributed by atoms with E-state index in [0.717, 1.165) is 39.2 Å². The molecule has 0 spiro atoms. The Morgan fingerprint density at radius 2 is 1.10 bits per heavy atom. The standard InChI is InChI=1S/C44H27N3S/c1-3-11-28(12-4-1)30-15-9-16-31(27-30)47-39-20-8-7-17-33(39)42-40(47)25-26-41-43(42)34-19-10-18-32(44(34)48-41)36-22-24-37-38(46-36)23-21-35(45-37)29-13-5-2-6-14-29/h1-27H. The molecule has 0 aliphatic carbocycles. The number of nitrogens with zero attached hydrogens (tertiary/aromatic N) is 3. The minimum atomic E-state index is 0.897. The summed E-state index contributed by atoms with van der Waals surface area (Å²) in [5.41, 5.74) is 12.0. The summed E-state index contributed by atoms with van der Waals surface area (Å²) in [7, 11) is 0. The Balaban J connectivity index is 1.17. The van der Waals surface area contributed by atoms with Crippen LogP contribution in [-0.4, -0.2) is 14.5 Å². The van der Waals surface area contributed by atoms with E-state index in [1.165, 1.54) is 53.1 Å². The first kappa shape index (κ1) is 27.1.